The van der Waals surface area contributed by atoms with Crippen molar-refractivity contribution in [2.45, 2.75) is 25.8 Å². The minimum atomic E-state index is -1.29. The molecule has 0 fully saturated rings. The van der Waals surface area contributed by atoms with Crippen molar-refractivity contribution in [1.29, 1.82) is 0 Å². The summed E-state index contributed by atoms with van der Waals surface area (Å²) in [6.45, 7) is 2.88. The second kappa shape index (κ2) is 8.95. The van der Waals surface area contributed by atoms with Gasteiger partial charge in [-0.1, -0.05) is 6.92 Å². The minimum absolute atomic E-state index is 0.532. The molecular formula is C7H16N2O4. The van der Waals surface area contributed by atoms with Gasteiger partial charge in [0.25, 0.3) is 0 Å². The van der Waals surface area contributed by atoms with Gasteiger partial charge in [-0.3, -0.25) is 9.59 Å². The van der Waals surface area contributed by atoms with Gasteiger partial charge in [0.2, 0.25) is 0 Å². The summed E-state index contributed by atoms with van der Waals surface area (Å²) in [7, 11) is 0. The normalized spacial score (nSPS) is 11.0. The highest BCUT2D eigenvalue weighted by molar-refractivity contribution is 5.80. The van der Waals surface area contributed by atoms with E-state index in [-0.39, 0.29) is 0 Å². The maximum atomic E-state index is 9.85. The van der Waals surface area contributed by atoms with Crippen LogP contribution in [0.15, 0.2) is 0 Å². The Labute approximate surface area is 76.5 Å². The second-order valence-corrected chi connectivity index (χ2v) is 2.33. The molecule has 0 spiro atoms. The Morgan fingerprint density at radius 2 is 1.77 bits per heavy atom. The lowest BCUT2D eigenvalue weighted by Crippen LogP contribution is -2.32. The molecular weight excluding hydrogens is 176 g/mol. The fraction of sp³-hybridized carbons (Fsp3) is 0.714. The smallest absolute Gasteiger partial charge is 0.321 e. The summed E-state index contributed by atoms with van der Waals surface area (Å²) in [5.74, 6) is -2.50. The van der Waals surface area contributed by atoms with Crippen molar-refractivity contribution in [2.24, 2.45) is 11.5 Å². The number of hydrogen-bond donors (Lipinski definition) is 4. The molecule has 0 amide bonds. The Morgan fingerprint density at radius 1 is 1.38 bits per heavy atom. The molecule has 0 radical (unpaired) electrons. The Balaban J connectivity index is 0. The van der Waals surface area contributed by atoms with E-state index in [9.17, 15) is 9.59 Å². The van der Waals surface area contributed by atoms with Gasteiger partial charge in [0.15, 0.2) is 0 Å². The summed E-state index contributed by atoms with van der Waals surface area (Å²) in [4.78, 5) is 19.6. The van der Waals surface area contributed by atoms with Crippen LogP contribution in [0.5, 0.6) is 0 Å². The number of nitrogens with two attached hydrogens (primary N) is 2. The maximum Gasteiger partial charge on any atom is 0.321 e. The summed E-state index contributed by atoms with van der Waals surface area (Å²) >= 11 is 0. The Morgan fingerprint density at radius 3 is 1.85 bits per heavy atom. The largest absolute Gasteiger partial charge is 0.481 e. The second-order valence-electron chi connectivity index (χ2n) is 2.33. The fourth-order valence-electron chi connectivity index (χ4n) is 0.275. The zero-order valence-electron chi connectivity index (χ0n) is 7.56. The van der Waals surface area contributed by atoms with Crippen LogP contribution in [0.25, 0.3) is 0 Å². The molecule has 0 bridgehead atoms. The lowest BCUT2D eigenvalue weighted by atomic mass is 10.2. The van der Waals surface area contributed by atoms with E-state index in [1.54, 1.807) is 0 Å². The zero-order valence-corrected chi connectivity index (χ0v) is 7.56. The summed E-state index contributed by atoms with van der Waals surface area (Å²) in [5, 5.41) is 16.0. The first-order valence-electron chi connectivity index (χ1n) is 3.85. The van der Waals surface area contributed by atoms with E-state index in [4.69, 9.17) is 21.7 Å². The molecule has 6 nitrogen and oxygen atoms in total. The van der Waals surface area contributed by atoms with Gasteiger partial charge in [-0.25, -0.2) is 0 Å². The molecule has 0 aliphatic rings. The topological polar surface area (TPSA) is 127 Å². The van der Waals surface area contributed by atoms with Crippen molar-refractivity contribution in [3.8, 4) is 0 Å². The van der Waals surface area contributed by atoms with Gasteiger partial charge >= 0.3 is 11.9 Å². The first-order chi connectivity index (χ1) is 5.95. The molecule has 13 heavy (non-hydrogen) atoms. The van der Waals surface area contributed by atoms with E-state index in [0.29, 0.717) is 0 Å². The summed E-state index contributed by atoms with van der Waals surface area (Å²) in [6.07, 6.45) is 0.565. The van der Waals surface area contributed by atoms with Crippen LogP contribution in [0.1, 0.15) is 19.8 Å². The number of hydrogen-bond acceptors (Lipinski definition) is 4. The number of carboxylic acids is 2. The standard InChI is InChI=1S/C4H7NO4.C3H9N/c5-2(4(8)9)1-3(6)7;1-2-3-4/h2H,1,5H2,(H,6,7)(H,8,9);2-4H2,1H3/t2-;/m0./s1. The quantitative estimate of drug-likeness (QED) is 0.463. The fourth-order valence-corrected chi connectivity index (χ4v) is 0.275. The van der Waals surface area contributed by atoms with Crippen LogP contribution in [0.4, 0.5) is 0 Å². The van der Waals surface area contributed by atoms with Crippen LogP contribution in [-0.2, 0) is 9.59 Å². The average molecular weight is 192 g/mol. The highest BCUT2D eigenvalue weighted by Gasteiger charge is 2.14. The SMILES string of the molecule is CCCN.N[C@@H](CC(=O)O)C(=O)O. The monoisotopic (exact) mass is 192 g/mol. The van der Waals surface area contributed by atoms with E-state index in [1.165, 1.54) is 0 Å². The number of carbonyl (C=O) groups is 2. The third-order valence-electron chi connectivity index (χ3n) is 1.00. The molecule has 6 N–H and O–H groups in total. The van der Waals surface area contributed by atoms with Crippen LogP contribution in [0, 0.1) is 0 Å². The van der Waals surface area contributed by atoms with Crippen molar-refractivity contribution >= 4 is 11.9 Å². The van der Waals surface area contributed by atoms with E-state index in [0.717, 1.165) is 13.0 Å². The van der Waals surface area contributed by atoms with E-state index >= 15 is 0 Å². The number of carboxylic acid groups (broad SMARTS) is 2. The van der Waals surface area contributed by atoms with E-state index in [2.05, 4.69) is 6.92 Å². The van der Waals surface area contributed by atoms with Crippen LogP contribution >= 0.6 is 0 Å². The molecule has 6 heteroatoms. The number of aliphatic carboxylic acids is 2. The highest BCUT2D eigenvalue weighted by Crippen LogP contribution is 1.86. The maximum absolute atomic E-state index is 9.85. The molecule has 0 heterocycles. The van der Waals surface area contributed by atoms with Gasteiger partial charge in [-0.05, 0) is 13.0 Å². The predicted octanol–water partition coefficient (Wildman–Crippen LogP) is -0.772. The lowest BCUT2D eigenvalue weighted by molar-refractivity contribution is -0.144. The highest BCUT2D eigenvalue weighted by atomic mass is 16.4. The Bertz CT molecular complexity index is 159. The van der Waals surface area contributed by atoms with Crippen molar-refractivity contribution in [3.05, 3.63) is 0 Å². The van der Waals surface area contributed by atoms with Crippen LogP contribution in [0.3, 0.4) is 0 Å². The van der Waals surface area contributed by atoms with E-state index < -0.39 is 24.4 Å². The van der Waals surface area contributed by atoms with E-state index in [1.807, 2.05) is 0 Å². The van der Waals surface area contributed by atoms with Gasteiger partial charge in [0, 0.05) is 0 Å². The van der Waals surface area contributed by atoms with Crippen LogP contribution < -0.4 is 11.5 Å². The van der Waals surface area contributed by atoms with Crippen LogP contribution in [0.2, 0.25) is 0 Å². The lowest BCUT2D eigenvalue weighted by Gasteiger charge is -1.99. The van der Waals surface area contributed by atoms with Gasteiger partial charge in [-0.2, -0.15) is 0 Å². The number of rotatable bonds is 4. The van der Waals surface area contributed by atoms with Crippen molar-refractivity contribution in [1.82, 2.24) is 0 Å². The summed E-state index contributed by atoms with van der Waals surface area (Å²) in [6, 6.07) is -1.29. The van der Waals surface area contributed by atoms with Crippen molar-refractivity contribution in [3.63, 3.8) is 0 Å². The average Bonchev–Trinajstić information content (AvgIpc) is 2.03. The molecule has 78 valence electrons. The summed E-state index contributed by atoms with van der Waals surface area (Å²) < 4.78 is 0. The first kappa shape index (κ1) is 14.4. The molecule has 0 aliphatic carbocycles. The van der Waals surface area contributed by atoms with Gasteiger partial charge in [0.05, 0.1) is 6.42 Å². The molecule has 0 unspecified atom stereocenters. The van der Waals surface area contributed by atoms with Crippen LogP contribution in [-0.4, -0.2) is 34.7 Å². The third-order valence-corrected chi connectivity index (χ3v) is 1.00. The molecule has 0 aliphatic heterocycles. The Hall–Kier alpha value is -1.14. The third kappa shape index (κ3) is 13.8. The van der Waals surface area contributed by atoms with Crippen molar-refractivity contribution in [2.75, 3.05) is 6.54 Å². The van der Waals surface area contributed by atoms with Crippen molar-refractivity contribution < 1.29 is 19.8 Å². The van der Waals surface area contributed by atoms with Gasteiger partial charge < -0.3 is 21.7 Å². The van der Waals surface area contributed by atoms with Gasteiger partial charge in [0.1, 0.15) is 6.04 Å². The Kier molecular flexibility index (Phi) is 9.91. The molecule has 0 rings (SSSR count). The first-order valence-corrected chi connectivity index (χ1v) is 3.85. The molecule has 0 aromatic carbocycles. The van der Waals surface area contributed by atoms with Gasteiger partial charge in [-0.15, -0.1) is 0 Å². The summed E-state index contributed by atoms with van der Waals surface area (Å²) in [5.41, 5.74) is 9.86. The zero-order chi connectivity index (χ0) is 10.9. The molecule has 0 saturated heterocycles. The molecule has 0 aromatic rings. The molecule has 0 aromatic heterocycles. The minimum Gasteiger partial charge on any atom is -0.481 e. The predicted molar refractivity (Wildman–Crippen MR) is 47.2 cm³/mol. The molecule has 0 saturated carbocycles. The molecule has 1 atom stereocenters.